The topological polar surface area (TPSA) is 44.4 Å². The SMILES string of the molecule is CCNC(=S)Nc1ccc(CC(=O)N(C)C)cc1. The number of nitrogens with one attached hydrogen (secondary N) is 2. The fourth-order valence-electron chi connectivity index (χ4n) is 1.37. The van der Waals surface area contributed by atoms with Gasteiger partial charge in [-0.2, -0.15) is 0 Å². The number of benzene rings is 1. The molecule has 0 aliphatic carbocycles. The van der Waals surface area contributed by atoms with Crippen molar-refractivity contribution in [2.24, 2.45) is 0 Å². The molecule has 1 amide bonds. The molecule has 0 unspecified atom stereocenters. The van der Waals surface area contributed by atoms with Gasteiger partial charge in [-0.1, -0.05) is 12.1 Å². The summed E-state index contributed by atoms with van der Waals surface area (Å²) in [6.45, 7) is 2.78. The Morgan fingerprint density at radius 3 is 2.39 bits per heavy atom. The van der Waals surface area contributed by atoms with Crippen molar-refractivity contribution in [1.82, 2.24) is 10.2 Å². The van der Waals surface area contributed by atoms with Gasteiger partial charge < -0.3 is 15.5 Å². The van der Waals surface area contributed by atoms with Crippen molar-refractivity contribution in [2.75, 3.05) is 26.0 Å². The summed E-state index contributed by atoms with van der Waals surface area (Å²) >= 11 is 5.09. The second kappa shape index (κ2) is 6.96. The highest BCUT2D eigenvalue weighted by atomic mass is 32.1. The van der Waals surface area contributed by atoms with E-state index in [2.05, 4.69) is 10.6 Å². The molecule has 0 aliphatic heterocycles. The van der Waals surface area contributed by atoms with E-state index >= 15 is 0 Å². The summed E-state index contributed by atoms with van der Waals surface area (Å²) in [5.74, 6) is 0.0962. The largest absolute Gasteiger partial charge is 0.363 e. The van der Waals surface area contributed by atoms with Gasteiger partial charge in [0.25, 0.3) is 0 Å². The third kappa shape index (κ3) is 4.71. The highest BCUT2D eigenvalue weighted by Gasteiger charge is 2.05. The van der Waals surface area contributed by atoms with Crippen LogP contribution in [-0.2, 0) is 11.2 Å². The van der Waals surface area contributed by atoms with E-state index in [0.717, 1.165) is 17.8 Å². The van der Waals surface area contributed by atoms with Crippen molar-refractivity contribution in [1.29, 1.82) is 0 Å². The number of amides is 1. The molecule has 4 nitrogen and oxygen atoms in total. The zero-order valence-corrected chi connectivity index (χ0v) is 11.8. The Bertz CT molecular complexity index is 415. The molecule has 98 valence electrons. The van der Waals surface area contributed by atoms with Crippen LogP contribution in [0.1, 0.15) is 12.5 Å². The molecule has 0 saturated heterocycles. The first-order valence-corrected chi connectivity index (χ1v) is 6.27. The number of rotatable bonds is 4. The van der Waals surface area contributed by atoms with E-state index < -0.39 is 0 Å². The van der Waals surface area contributed by atoms with Crippen LogP contribution in [-0.4, -0.2) is 36.6 Å². The Balaban J connectivity index is 2.57. The molecule has 5 heteroatoms. The lowest BCUT2D eigenvalue weighted by Crippen LogP contribution is -2.27. The van der Waals surface area contributed by atoms with Crippen molar-refractivity contribution in [3.63, 3.8) is 0 Å². The lowest BCUT2D eigenvalue weighted by molar-refractivity contribution is -0.127. The zero-order chi connectivity index (χ0) is 13.5. The Kier molecular flexibility index (Phi) is 5.58. The number of nitrogens with zero attached hydrogens (tertiary/aromatic N) is 1. The van der Waals surface area contributed by atoms with Crippen molar-refractivity contribution in [3.05, 3.63) is 29.8 Å². The monoisotopic (exact) mass is 265 g/mol. The predicted octanol–water partition coefficient (Wildman–Crippen LogP) is 1.62. The summed E-state index contributed by atoms with van der Waals surface area (Å²) in [5.41, 5.74) is 1.91. The van der Waals surface area contributed by atoms with Gasteiger partial charge in [0.2, 0.25) is 5.91 Å². The molecule has 0 saturated carbocycles. The maximum absolute atomic E-state index is 11.5. The van der Waals surface area contributed by atoms with E-state index in [1.807, 2.05) is 31.2 Å². The summed E-state index contributed by atoms with van der Waals surface area (Å²) in [4.78, 5) is 13.1. The molecule has 0 radical (unpaired) electrons. The van der Waals surface area contributed by atoms with Gasteiger partial charge in [-0.05, 0) is 36.8 Å². The molecule has 1 aromatic rings. The standard InChI is InChI=1S/C13H19N3OS/c1-4-14-13(18)15-11-7-5-10(6-8-11)9-12(17)16(2)3/h5-8H,4,9H2,1-3H3,(H2,14,15,18). The third-order valence-electron chi connectivity index (χ3n) is 2.40. The van der Waals surface area contributed by atoms with E-state index in [0.29, 0.717) is 11.5 Å². The van der Waals surface area contributed by atoms with Gasteiger partial charge in [0, 0.05) is 26.3 Å². The van der Waals surface area contributed by atoms with E-state index in [4.69, 9.17) is 12.2 Å². The van der Waals surface area contributed by atoms with Crippen LogP contribution < -0.4 is 10.6 Å². The molecular formula is C13H19N3OS. The molecular weight excluding hydrogens is 246 g/mol. The molecule has 0 bridgehead atoms. The van der Waals surface area contributed by atoms with Gasteiger partial charge in [0.05, 0.1) is 6.42 Å². The molecule has 0 atom stereocenters. The van der Waals surface area contributed by atoms with Crippen LogP contribution in [0.5, 0.6) is 0 Å². The Labute approximate surface area is 113 Å². The minimum absolute atomic E-state index is 0.0962. The minimum atomic E-state index is 0.0962. The number of thiocarbonyl (C=S) groups is 1. The maximum atomic E-state index is 11.5. The van der Waals surface area contributed by atoms with Gasteiger partial charge >= 0.3 is 0 Å². The number of likely N-dealkylation sites (N-methyl/N-ethyl adjacent to an activating group) is 1. The van der Waals surface area contributed by atoms with Gasteiger partial charge in [-0.25, -0.2) is 0 Å². The summed E-state index contributed by atoms with van der Waals surface area (Å²) in [5, 5.41) is 6.69. The highest BCUT2D eigenvalue weighted by Crippen LogP contribution is 2.10. The number of carbonyl (C=O) groups excluding carboxylic acids is 1. The number of anilines is 1. The molecule has 1 rings (SSSR count). The van der Waals surface area contributed by atoms with Crippen LogP contribution >= 0.6 is 12.2 Å². The van der Waals surface area contributed by atoms with Crippen LogP contribution in [0, 0.1) is 0 Å². The van der Waals surface area contributed by atoms with E-state index in [-0.39, 0.29) is 5.91 Å². The van der Waals surface area contributed by atoms with Crippen molar-refractivity contribution < 1.29 is 4.79 Å². The normalized spacial score (nSPS) is 9.72. The van der Waals surface area contributed by atoms with Crippen LogP contribution in [0.2, 0.25) is 0 Å². The molecule has 0 aliphatic rings. The smallest absolute Gasteiger partial charge is 0.226 e. The molecule has 1 aromatic carbocycles. The Morgan fingerprint density at radius 1 is 1.28 bits per heavy atom. The summed E-state index contributed by atoms with van der Waals surface area (Å²) in [7, 11) is 3.51. The molecule has 0 heterocycles. The highest BCUT2D eigenvalue weighted by molar-refractivity contribution is 7.80. The van der Waals surface area contributed by atoms with Crippen molar-refractivity contribution in [2.45, 2.75) is 13.3 Å². The molecule has 0 aromatic heterocycles. The second-order valence-electron chi connectivity index (χ2n) is 4.15. The van der Waals surface area contributed by atoms with Gasteiger partial charge in [0.1, 0.15) is 0 Å². The van der Waals surface area contributed by atoms with Crippen LogP contribution in [0.15, 0.2) is 24.3 Å². The molecule has 2 N–H and O–H groups in total. The van der Waals surface area contributed by atoms with Gasteiger partial charge in [-0.15, -0.1) is 0 Å². The van der Waals surface area contributed by atoms with Crippen molar-refractivity contribution >= 4 is 28.9 Å². The second-order valence-corrected chi connectivity index (χ2v) is 4.55. The molecule has 0 spiro atoms. The first-order valence-electron chi connectivity index (χ1n) is 5.87. The minimum Gasteiger partial charge on any atom is -0.363 e. The summed E-state index contributed by atoms with van der Waals surface area (Å²) in [6.07, 6.45) is 0.422. The van der Waals surface area contributed by atoms with Crippen LogP contribution in [0.4, 0.5) is 5.69 Å². The number of carbonyl (C=O) groups is 1. The first-order chi connectivity index (χ1) is 8.52. The van der Waals surface area contributed by atoms with Gasteiger partial charge in [0.15, 0.2) is 5.11 Å². The van der Waals surface area contributed by atoms with Crippen LogP contribution in [0.3, 0.4) is 0 Å². The fraction of sp³-hybridized carbons (Fsp3) is 0.385. The molecule has 0 fully saturated rings. The maximum Gasteiger partial charge on any atom is 0.226 e. The van der Waals surface area contributed by atoms with E-state index in [9.17, 15) is 4.79 Å². The lowest BCUT2D eigenvalue weighted by atomic mass is 10.1. The summed E-state index contributed by atoms with van der Waals surface area (Å²) in [6, 6.07) is 7.69. The average molecular weight is 265 g/mol. The average Bonchev–Trinajstić information content (AvgIpc) is 2.31. The quantitative estimate of drug-likeness (QED) is 0.812. The Morgan fingerprint density at radius 2 is 1.89 bits per heavy atom. The van der Waals surface area contributed by atoms with Crippen molar-refractivity contribution in [3.8, 4) is 0 Å². The number of hydrogen-bond donors (Lipinski definition) is 2. The Hall–Kier alpha value is -1.62. The van der Waals surface area contributed by atoms with E-state index in [1.54, 1.807) is 19.0 Å². The van der Waals surface area contributed by atoms with Gasteiger partial charge in [-0.3, -0.25) is 4.79 Å². The number of hydrogen-bond acceptors (Lipinski definition) is 2. The first kappa shape index (κ1) is 14.4. The summed E-state index contributed by atoms with van der Waals surface area (Å²) < 4.78 is 0. The van der Waals surface area contributed by atoms with Crippen LogP contribution in [0.25, 0.3) is 0 Å². The zero-order valence-electron chi connectivity index (χ0n) is 11.0. The van der Waals surface area contributed by atoms with E-state index in [1.165, 1.54) is 0 Å². The third-order valence-corrected chi connectivity index (χ3v) is 2.65. The molecule has 18 heavy (non-hydrogen) atoms. The lowest BCUT2D eigenvalue weighted by Gasteiger charge is -2.11. The fourth-order valence-corrected chi connectivity index (χ4v) is 1.64. The predicted molar refractivity (Wildman–Crippen MR) is 78.7 cm³/mol.